The Morgan fingerprint density at radius 3 is 2.00 bits per heavy atom. The van der Waals surface area contributed by atoms with Crippen molar-refractivity contribution in [3.8, 4) is 0 Å². The van der Waals surface area contributed by atoms with Crippen LogP contribution in [-0.4, -0.2) is 11.2 Å². The molecule has 0 aromatic carbocycles. The number of hydrogen-bond acceptors (Lipinski definition) is 1. The van der Waals surface area contributed by atoms with Crippen LogP contribution in [0.3, 0.4) is 0 Å². The Balaban J connectivity index is 2.48. The molecule has 1 unspecified atom stereocenters. The number of hydrogen-bond donors (Lipinski definition) is 1. The van der Waals surface area contributed by atoms with Gasteiger partial charge >= 0.3 is 0 Å². The molecule has 1 atom stereocenters. The summed E-state index contributed by atoms with van der Waals surface area (Å²) in [5.41, 5.74) is 5.04. The van der Waals surface area contributed by atoms with Gasteiger partial charge in [0.1, 0.15) is 5.67 Å². The minimum Gasteiger partial charge on any atom is -0.325 e. The summed E-state index contributed by atoms with van der Waals surface area (Å²) in [6.45, 7) is 8.45. The molecule has 0 amide bonds. The smallest absolute Gasteiger partial charge is 0.112 e. The van der Waals surface area contributed by atoms with E-state index >= 15 is 0 Å². The Kier molecular flexibility index (Phi) is 2.97. The Morgan fingerprint density at radius 1 is 1.21 bits per heavy atom. The molecule has 2 N–H and O–H groups in total. The molecular weight excluding hydrogens is 177 g/mol. The van der Waals surface area contributed by atoms with Crippen LogP contribution >= 0.6 is 0 Å². The van der Waals surface area contributed by atoms with E-state index in [0.29, 0.717) is 19.3 Å². The van der Waals surface area contributed by atoms with Crippen molar-refractivity contribution in [1.82, 2.24) is 0 Å². The van der Waals surface area contributed by atoms with E-state index in [0.717, 1.165) is 12.8 Å². The molecule has 0 radical (unpaired) electrons. The SMILES string of the molecule is CC(C)(C)CC(C)(N)CC1(F)CCC1. The summed E-state index contributed by atoms with van der Waals surface area (Å²) >= 11 is 0. The highest BCUT2D eigenvalue weighted by molar-refractivity contribution is 4.97. The molecule has 2 heteroatoms. The van der Waals surface area contributed by atoms with Gasteiger partial charge in [-0.15, -0.1) is 0 Å². The molecule has 0 spiro atoms. The molecular formula is C12H24FN. The molecule has 1 rings (SSSR count). The molecule has 1 fully saturated rings. The second-order valence-corrected chi connectivity index (χ2v) is 6.57. The summed E-state index contributed by atoms with van der Waals surface area (Å²) in [6, 6.07) is 0. The third-order valence-corrected chi connectivity index (χ3v) is 2.90. The standard InChI is InChI=1S/C12H24FN/c1-10(2,3)8-11(4,14)9-12(13)6-5-7-12/h5-9,14H2,1-4H3. The Morgan fingerprint density at radius 2 is 1.71 bits per heavy atom. The van der Waals surface area contributed by atoms with Crippen molar-refractivity contribution in [1.29, 1.82) is 0 Å². The van der Waals surface area contributed by atoms with Gasteiger partial charge in [0, 0.05) is 5.54 Å². The molecule has 1 saturated carbocycles. The van der Waals surface area contributed by atoms with Gasteiger partial charge in [-0.25, -0.2) is 4.39 Å². The average molecular weight is 201 g/mol. The molecule has 1 aliphatic rings. The van der Waals surface area contributed by atoms with Crippen molar-refractivity contribution < 1.29 is 4.39 Å². The first kappa shape index (κ1) is 12.0. The summed E-state index contributed by atoms with van der Waals surface area (Å²) in [4.78, 5) is 0. The van der Waals surface area contributed by atoms with Crippen molar-refractivity contribution in [2.24, 2.45) is 11.1 Å². The summed E-state index contributed by atoms with van der Waals surface area (Å²) in [5, 5.41) is 0. The number of rotatable bonds is 3. The van der Waals surface area contributed by atoms with Crippen molar-refractivity contribution in [3.63, 3.8) is 0 Å². The third kappa shape index (κ3) is 3.56. The number of nitrogens with two attached hydrogens (primary N) is 1. The van der Waals surface area contributed by atoms with Gasteiger partial charge in [-0.1, -0.05) is 20.8 Å². The van der Waals surface area contributed by atoms with Crippen LogP contribution in [0.25, 0.3) is 0 Å². The molecule has 84 valence electrons. The van der Waals surface area contributed by atoms with Gasteiger partial charge in [0.2, 0.25) is 0 Å². The summed E-state index contributed by atoms with van der Waals surface area (Å²) < 4.78 is 13.9. The maximum absolute atomic E-state index is 13.9. The number of halogens is 1. The topological polar surface area (TPSA) is 26.0 Å². The Bertz CT molecular complexity index is 199. The predicted molar refractivity (Wildman–Crippen MR) is 59.0 cm³/mol. The minimum absolute atomic E-state index is 0.184. The average Bonchev–Trinajstić information content (AvgIpc) is 1.76. The van der Waals surface area contributed by atoms with Gasteiger partial charge in [-0.3, -0.25) is 0 Å². The van der Waals surface area contributed by atoms with Crippen LogP contribution in [0, 0.1) is 5.41 Å². The lowest BCUT2D eigenvalue weighted by atomic mass is 9.70. The van der Waals surface area contributed by atoms with Gasteiger partial charge in [0.25, 0.3) is 0 Å². The molecule has 0 bridgehead atoms. The molecule has 0 heterocycles. The zero-order valence-electron chi connectivity index (χ0n) is 9.99. The van der Waals surface area contributed by atoms with E-state index in [2.05, 4.69) is 20.8 Å². The molecule has 0 aromatic rings. The fourth-order valence-corrected chi connectivity index (χ4v) is 2.73. The number of alkyl halides is 1. The molecule has 14 heavy (non-hydrogen) atoms. The predicted octanol–water partition coefficient (Wildman–Crippen LogP) is 3.42. The normalized spacial score (nSPS) is 25.3. The first-order valence-corrected chi connectivity index (χ1v) is 5.60. The third-order valence-electron chi connectivity index (χ3n) is 2.90. The zero-order chi connectivity index (χ0) is 11.0. The van der Waals surface area contributed by atoms with Gasteiger partial charge in [0.05, 0.1) is 0 Å². The van der Waals surface area contributed by atoms with Crippen molar-refractivity contribution in [2.45, 2.75) is 71.0 Å². The highest BCUT2D eigenvalue weighted by atomic mass is 19.1. The Labute approximate surface area is 87.3 Å². The Hall–Kier alpha value is -0.110. The van der Waals surface area contributed by atoms with Crippen LogP contribution < -0.4 is 5.73 Å². The van der Waals surface area contributed by atoms with E-state index < -0.39 is 5.67 Å². The van der Waals surface area contributed by atoms with Crippen molar-refractivity contribution >= 4 is 0 Å². The molecule has 1 aliphatic carbocycles. The first-order chi connectivity index (χ1) is 6.12. The van der Waals surface area contributed by atoms with Crippen molar-refractivity contribution in [3.05, 3.63) is 0 Å². The van der Waals surface area contributed by atoms with Crippen LogP contribution in [0.5, 0.6) is 0 Å². The lowest BCUT2D eigenvalue weighted by Crippen LogP contribution is -2.48. The highest BCUT2D eigenvalue weighted by Gasteiger charge is 2.42. The van der Waals surface area contributed by atoms with E-state index in [1.807, 2.05) is 6.92 Å². The second-order valence-electron chi connectivity index (χ2n) is 6.57. The van der Waals surface area contributed by atoms with Crippen LogP contribution in [0.1, 0.15) is 59.8 Å². The zero-order valence-corrected chi connectivity index (χ0v) is 9.99. The lowest BCUT2D eigenvalue weighted by Gasteiger charge is -2.42. The second kappa shape index (κ2) is 3.48. The van der Waals surface area contributed by atoms with E-state index in [-0.39, 0.29) is 11.0 Å². The van der Waals surface area contributed by atoms with E-state index in [1.165, 1.54) is 0 Å². The quantitative estimate of drug-likeness (QED) is 0.744. The van der Waals surface area contributed by atoms with Crippen LogP contribution in [0.4, 0.5) is 4.39 Å². The summed E-state index contributed by atoms with van der Waals surface area (Å²) in [6.07, 6.45) is 3.86. The van der Waals surface area contributed by atoms with Gasteiger partial charge in [0.15, 0.2) is 0 Å². The minimum atomic E-state index is -0.950. The summed E-state index contributed by atoms with van der Waals surface area (Å²) in [5.74, 6) is 0. The molecule has 0 aliphatic heterocycles. The summed E-state index contributed by atoms with van der Waals surface area (Å²) in [7, 11) is 0. The van der Waals surface area contributed by atoms with Crippen LogP contribution in [0.2, 0.25) is 0 Å². The fraction of sp³-hybridized carbons (Fsp3) is 1.00. The van der Waals surface area contributed by atoms with Crippen LogP contribution in [-0.2, 0) is 0 Å². The van der Waals surface area contributed by atoms with Gasteiger partial charge in [-0.2, -0.15) is 0 Å². The van der Waals surface area contributed by atoms with E-state index in [4.69, 9.17) is 5.73 Å². The fourth-order valence-electron chi connectivity index (χ4n) is 2.73. The lowest BCUT2D eigenvalue weighted by molar-refractivity contribution is 0.0238. The maximum Gasteiger partial charge on any atom is 0.112 e. The van der Waals surface area contributed by atoms with Crippen LogP contribution in [0.15, 0.2) is 0 Å². The monoisotopic (exact) mass is 201 g/mol. The largest absolute Gasteiger partial charge is 0.325 e. The van der Waals surface area contributed by atoms with E-state index in [9.17, 15) is 4.39 Å². The molecule has 1 nitrogen and oxygen atoms in total. The van der Waals surface area contributed by atoms with Crippen molar-refractivity contribution in [2.75, 3.05) is 0 Å². The van der Waals surface area contributed by atoms with Gasteiger partial charge in [-0.05, 0) is 44.4 Å². The first-order valence-electron chi connectivity index (χ1n) is 5.60. The highest BCUT2D eigenvalue weighted by Crippen LogP contribution is 2.43. The van der Waals surface area contributed by atoms with E-state index in [1.54, 1.807) is 0 Å². The molecule has 0 aromatic heterocycles. The maximum atomic E-state index is 13.9. The molecule has 0 saturated heterocycles. The van der Waals surface area contributed by atoms with Gasteiger partial charge < -0.3 is 5.73 Å².